The van der Waals surface area contributed by atoms with Gasteiger partial charge in [0.05, 0.1) is 25.9 Å². The average Bonchev–Trinajstić information content (AvgIpc) is 3.05. The summed E-state index contributed by atoms with van der Waals surface area (Å²) in [4.78, 5) is 27.7. The Morgan fingerprint density at radius 1 is 0.851 bits per heavy atom. The number of terminal acetylenes is 1. The standard InChI is InChI=1S/C26H42N6O15/c1-2-3-4-13(35)30-17-22(41)23(11(8-34)46-25(17)43-9-12-19(38)20(39)15(27)24(42)44-12)47-26-16(31-14(36)5-6-29-32-28)21(40)18(37)10(7-33)45-26/h1,10-12,15-26,33-34,37-42H,3-9,27H2,(H,30,35)(H,31,36)/t10?,11?,12?,15?,16?,17-,18-,19-,20?,21?,22?,23+,24-,25?,26+/m1/s1. The first-order valence-corrected chi connectivity index (χ1v) is 14.7. The van der Waals surface area contributed by atoms with Gasteiger partial charge in [-0.2, -0.15) is 0 Å². The van der Waals surface area contributed by atoms with E-state index in [1.807, 2.05) is 0 Å². The number of carbonyl (C=O) groups excluding carboxylic acids is 2. The summed E-state index contributed by atoms with van der Waals surface area (Å²) < 4.78 is 28.2. The summed E-state index contributed by atoms with van der Waals surface area (Å²) in [6, 6.07) is -4.32. The molecular formula is C26H42N6O15. The Kier molecular flexibility index (Phi) is 14.9. The van der Waals surface area contributed by atoms with Crippen LogP contribution in [-0.4, -0.2) is 171 Å². The van der Waals surface area contributed by atoms with Crippen molar-refractivity contribution in [3.05, 3.63) is 10.4 Å². The summed E-state index contributed by atoms with van der Waals surface area (Å²) in [5.74, 6) is 0.886. The number of aliphatic hydroxyl groups excluding tert-OH is 8. The topological polar surface area (TPSA) is 341 Å². The molecule has 0 aromatic heterocycles. The monoisotopic (exact) mass is 678 g/mol. The minimum absolute atomic E-state index is 0.0259. The lowest BCUT2D eigenvalue weighted by Crippen LogP contribution is -2.69. The molecular weight excluding hydrogens is 636 g/mol. The third-order valence-electron chi connectivity index (χ3n) is 7.87. The summed E-state index contributed by atoms with van der Waals surface area (Å²) in [6.07, 6.45) is -14.4. The molecule has 0 bridgehead atoms. The highest BCUT2D eigenvalue weighted by atomic mass is 16.7. The van der Waals surface area contributed by atoms with Gasteiger partial charge in [0.2, 0.25) is 11.8 Å². The van der Waals surface area contributed by atoms with E-state index in [2.05, 4.69) is 26.6 Å². The average molecular weight is 679 g/mol. The highest BCUT2D eigenvalue weighted by Gasteiger charge is 2.52. The SMILES string of the molecule is C#CCCC(=O)N[C@H]1C(OCC2O[C@@H](O)C(N)C(O)[C@@H]2O)OC(CO)[C@H](O[C@@H]2OC(CO)[C@@H](O)C(O)C2NC(=O)CCN=[N+]=[N-])C1O. The Labute approximate surface area is 268 Å². The van der Waals surface area contributed by atoms with Crippen LogP contribution in [0.2, 0.25) is 0 Å². The Bertz CT molecular complexity index is 1130. The highest BCUT2D eigenvalue weighted by Crippen LogP contribution is 2.30. The molecule has 21 heteroatoms. The maximum atomic E-state index is 12.7. The van der Waals surface area contributed by atoms with Crippen molar-refractivity contribution in [1.29, 1.82) is 0 Å². The van der Waals surface area contributed by atoms with Crippen molar-refractivity contribution < 1.29 is 74.1 Å². The smallest absolute Gasteiger partial charge is 0.221 e. The minimum atomic E-state index is -1.79. The van der Waals surface area contributed by atoms with Gasteiger partial charge in [-0.3, -0.25) is 9.59 Å². The van der Waals surface area contributed by atoms with Gasteiger partial charge in [0.15, 0.2) is 18.9 Å². The third-order valence-corrected chi connectivity index (χ3v) is 7.87. The molecule has 15 atom stereocenters. The fourth-order valence-corrected chi connectivity index (χ4v) is 5.23. The number of azide groups is 1. The number of nitrogens with two attached hydrogens (primary N) is 1. The van der Waals surface area contributed by atoms with Gasteiger partial charge in [-0.15, -0.1) is 12.3 Å². The van der Waals surface area contributed by atoms with Crippen LogP contribution in [0.1, 0.15) is 19.3 Å². The van der Waals surface area contributed by atoms with Gasteiger partial charge in [0.25, 0.3) is 0 Å². The largest absolute Gasteiger partial charge is 0.394 e. The molecule has 3 heterocycles. The van der Waals surface area contributed by atoms with Crippen LogP contribution >= 0.6 is 0 Å². The lowest BCUT2D eigenvalue weighted by atomic mass is 9.94. The van der Waals surface area contributed by atoms with Gasteiger partial charge in [-0.1, -0.05) is 5.11 Å². The molecule has 12 N–H and O–H groups in total. The molecule has 2 amide bonds. The van der Waals surface area contributed by atoms with E-state index in [0.29, 0.717) is 0 Å². The van der Waals surface area contributed by atoms with E-state index < -0.39 is 124 Å². The van der Waals surface area contributed by atoms with E-state index in [1.165, 1.54) is 0 Å². The number of carbonyl (C=O) groups is 2. The number of nitrogens with one attached hydrogen (secondary N) is 2. The van der Waals surface area contributed by atoms with E-state index in [9.17, 15) is 50.4 Å². The number of ether oxygens (including phenoxy) is 5. The van der Waals surface area contributed by atoms with Crippen molar-refractivity contribution in [3.8, 4) is 12.3 Å². The highest BCUT2D eigenvalue weighted by molar-refractivity contribution is 5.77. The summed E-state index contributed by atoms with van der Waals surface area (Å²) in [6.45, 7) is -2.44. The number of nitrogens with zero attached hydrogens (tertiary/aromatic N) is 3. The van der Waals surface area contributed by atoms with E-state index in [0.717, 1.165) is 0 Å². The number of rotatable bonds is 14. The first-order chi connectivity index (χ1) is 22.4. The van der Waals surface area contributed by atoms with Gasteiger partial charge in [-0.05, 0) is 5.53 Å². The normalized spacial score (nSPS) is 40.5. The molecule has 3 aliphatic rings. The minimum Gasteiger partial charge on any atom is -0.394 e. The van der Waals surface area contributed by atoms with Crippen LogP contribution in [-0.2, 0) is 33.3 Å². The van der Waals surface area contributed by atoms with Crippen molar-refractivity contribution in [3.63, 3.8) is 0 Å². The van der Waals surface area contributed by atoms with Crippen LogP contribution in [0, 0.1) is 12.3 Å². The predicted molar refractivity (Wildman–Crippen MR) is 152 cm³/mol. The van der Waals surface area contributed by atoms with Crippen molar-refractivity contribution in [1.82, 2.24) is 10.6 Å². The molecule has 0 spiro atoms. The van der Waals surface area contributed by atoms with Gasteiger partial charge < -0.3 is 80.9 Å². The molecule has 3 fully saturated rings. The Balaban J connectivity index is 1.85. The molecule has 0 aliphatic carbocycles. The van der Waals surface area contributed by atoms with Crippen molar-refractivity contribution >= 4 is 11.8 Å². The maximum Gasteiger partial charge on any atom is 0.221 e. The lowest BCUT2D eigenvalue weighted by molar-refractivity contribution is -0.337. The molecule has 47 heavy (non-hydrogen) atoms. The fourth-order valence-electron chi connectivity index (χ4n) is 5.23. The summed E-state index contributed by atoms with van der Waals surface area (Å²) in [5.41, 5.74) is 14.1. The van der Waals surface area contributed by atoms with E-state index in [-0.39, 0.29) is 25.8 Å². The maximum absolute atomic E-state index is 12.7. The van der Waals surface area contributed by atoms with E-state index >= 15 is 0 Å². The van der Waals surface area contributed by atoms with Crippen molar-refractivity contribution in [2.45, 2.75) is 111 Å². The first-order valence-electron chi connectivity index (χ1n) is 14.7. The Hall–Kier alpha value is -2.75. The van der Waals surface area contributed by atoms with Crippen LogP contribution in [0.4, 0.5) is 0 Å². The molecule has 0 aromatic rings. The van der Waals surface area contributed by atoms with E-state index in [4.69, 9.17) is 41.4 Å². The van der Waals surface area contributed by atoms with Gasteiger partial charge >= 0.3 is 0 Å². The molecule has 3 rings (SSSR count). The molecule has 0 radical (unpaired) electrons. The quantitative estimate of drug-likeness (QED) is 0.0352. The van der Waals surface area contributed by atoms with Gasteiger partial charge in [-0.25, -0.2) is 0 Å². The molecule has 3 saturated heterocycles. The summed E-state index contributed by atoms with van der Waals surface area (Å²) in [7, 11) is 0. The molecule has 21 nitrogen and oxygen atoms in total. The number of hydrogen-bond donors (Lipinski definition) is 11. The second-order valence-corrected chi connectivity index (χ2v) is 11.1. The Morgan fingerprint density at radius 2 is 1.45 bits per heavy atom. The predicted octanol–water partition coefficient (Wildman–Crippen LogP) is -6.24. The van der Waals surface area contributed by atoms with Gasteiger partial charge in [0.1, 0.15) is 67.0 Å². The zero-order valence-corrected chi connectivity index (χ0v) is 25.0. The second kappa shape index (κ2) is 18.1. The number of aliphatic hydroxyl groups is 8. The third kappa shape index (κ3) is 9.67. The molecule has 0 aromatic carbocycles. The van der Waals surface area contributed by atoms with Gasteiger partial charge in [0, 0.05) is 30.7 Å². The second-order valence-electron chi connectivity index (χ2n) is 11.1. The zero-order chi connectivity index (χ0) is 34.8. The summed E-state index contributed by atoms with van der Waals surface area (Å²) >= 11 is 0. The molecule has 0 saturated carbocycles. The zero-order valence-electron chi connectivity index (χ0n) is 25.0. The van der Waals surface area contributed by atoms with Crippen molar-refractivity contribution in [2.75, 3.05) is 26.4 Å². The molecule has 266 valence electrons. The molecule has 3 aliphatic heterocycles. The fraction of sp³-hybridized carbons (Fsp3) is 0.846. The van der Waals surface area contributed by atoms with Crippen LogP contribution in [0.3, 0.4) is 0 Å². The van der Waals surface area contributed by atoms with E-state index in [1.54, 1.807) is 0 Å². The Morgan fingerprint density at radius 3 is 2.06 bits per heavy atom. The number of hydrogen-bond acceptors (Lipinski definition) is 17. The van der Waals surface area contributed by atoms with Crippen LogP contribution in [0.15, 0.2) is 5.11 Å². The van der Waals surface area contributed by atoms with Crippen LogP contribution in [0.5, 0.6) is 0 Å². The lowest BCUT2D eigenvalue weighted by Gasteiger charge is -2.48. The summed E-state index contributed by atoms with van der Waals surface area (Å²) in [5, 5.41) is 91.2. The van der Waals surface area contributed by atoms with Crippen LogP contribution < -0.4 is 16.4 Å². The van der Waals surface area contributed by atoms with Crippen LogP contribution in [0.25, 0.3) is 10.4 Å². The van der Waals surface area contributed by atoms with Crippen molar-refractivity contribution in [2.24, 2.45) is 10.8 Å². The first kappa shape index (κ1) is 38.7. The molecule has 9 unspecified atom stereocenters. The number of amides is 2.